The van der Waals surface area contributed by atoms with Gasteiger partial charge in [0, 0.05) is 12.6 Å². The van der Waals surface area contributed by atoms with Gasteiger partial charge in [0.25, 0.3) is 0 Å². The molecule has 1 fully saturated rings. The maximum Gasteiger partial charge on any atom is 0.0952 e. The molecule has 3 nitrogen and oxygen atoms in total. The average molecular weight is 182 g/mol. The van der Waals surface area contributed by atoms with Gasteiger partial charge < -0.3 is 5.11 Å². The lowest BCUT2D eigenvalue weighted by Gasteiger charge is -2.29. The van der Waals surface area contributed by atoms with Gasteiger partial charge in [0.2, 0.25) is 0 Å². The van der Waals surface area contributed by atoms with Crippen molar-refractivity contribution in [3.8, 4) is 6.07 Å². The minimum absolute atomic E-state index is 0.0600. The van der Waals surface area contributed by atoms with Gasteiger partial charge in [0.05, 0.1) is 18.7 Å². The second-order valence-corrected chi connectivity index (χ2v) is 3.70. The van der Waals surface area contributed by atoms with E-state index in [9.17, 15) is 0 Å². The predicted octanol–water partition coefficient (Wildman–Crippen LogP) is 1.14. The summed E-state index contributed by atoms with van der Waals surface area (Å²) in [7, 11) is 0. The number of nitrogens with zero attached hydrogens (tertiary/aromatic N) is 2. The Balaban J connectivity index is 2.50. The monoisotopic (exact) mass is 182 g/mol. The molecule has 0 aromatic rings. The van der Waals surface area contributed by atoms with Crippen LogP contribution in [0.5, 0.6) is 0 Å². The molecule has 0 aromatic heterocycles. The van der Waals surface area contributed by atoms with Crippen LogP contribution in [-0.4, -0.2) is 35.2 Å². The molecule has 0 bridgehead atoms. The zero-order chi connectivity index (χ0) is 9.68. The fourth-order valence-corrected chi connectivity index (χ4v) is 2.12. The first-order valence-corrected chi connectivity index (χ1v) is 5.05. The Morgan fingerprint density at radius 2 is 2.15 bits per heavy atom. The summed E-state index contributed by atoms with van der Waals surface area (Å²) in [4.78, 5) is 2.13. The van der Waals surface area contributed by atoms with Crippen molar-refractivity contribution in [3.05, 3.63) is 0 Å². The van der Waals surface area contributed by atoms with E-state index in [0.29, 0.717) is 12.6 Å². The maximum atomic E-state index is 8.89. The first-order valence-electron chi connectivity index (χ1n) is 5.05. The van der Waals surface area contributed by atoms with Crippen molar-refractivity contribution < 1.29 is 5.11 Å². The van der Waals surface area contributed by atoms with Gasteiger partial charge in [-0.05, 0) is 19.8 Å². The zero-order valence-electron chi connectivity index (χ0n) is 8.24. The molecule has 1 rings (SSSR count). The highest BCUT2D eigenvalue weighted by atomic mass is 16.3. The third-order valence-corrected chi connectivity index (χ3v) is 2.84. The molecule has 0 radical (unpaired) electrons. The van der Waals surface area contributed by atoms with E-state index in [0.717, 1.165) is 0 Å². The van der Waals surface area contributed by atoms with E-state index in [4.69, 9.17) is 10.4 Å². The molecule has 0 amide bonds. The van der Waals surface area contributed by atoms with Crippen LogP contribution in [0.1, 0.15) is 32.6 Å². The highest BCUT2D eigenvalue weighted by Crippen LogP contribution is 2.24. The van der Waals surface area contributed by atoms with Crippen LogP contribution in [-0.2, 0) is 0 Å². The Hall–Kier alpha value is -0.590. The summed E-state index contributed by atoms with van der Waals surface area (Å²) in [5.41, 5.74) is 0. The molecule has 3 heteroatoms. The second-order valence-electron chi connectivity index (χ2n) is 3.70. The summed E-state index contributed by atoms with van der Waals surface area (Å²) in [5, 5.41) is 17.7. The smallest absolute Gasteiger partial charge is 0.0952 e. The summed E-state index contributed by atoms with van der Waals surface area (Å²) in [5.74, 6) is 0. The van der Waals surface area contributed by atoms with Crippen molar-refractivity contribution in [2.24, 2.45) is 0 Å². The Bertz CT molecular complexity index is 182. The molecule has 0 saturated heterocycles. The number of rotatable bonds is 4. The lowest BCUT2D eigenvalue weighted by molar-refractivity contribution is 0.134. The van der Waals surface area contributed by atoms with E-state index in [1.807, 2.05) is 6.92 Å². The van der Waals surface area contributed by atoms with Gasteiger partial charge in [-0.25, -0.2) is 0 Å². The van der Waals surface area contributed by atoms with Crippen molar-refractivity contribution in [1.82, 2.24) is 4.90 Å². The molecule has 1 aliphatic carbocycles. The SMILES string of the molecule is CC(C#N)N(CCO)C1CCCC1. The molecule has 13 heavy (non-hydrogen) atoms. The quantitative estimate of drug-likeness (QED) is 0.709. The Kier molecular flexibility index (Phi) is 4.20. The van der Waals surface area contributed by atoms with E-state index in [2.05, 4.69) is 11.0 Å². The number of nitriles is 1. The first-order chi connectivity index (χ1) is 6.29. The zero-order valence-corrected chi connectivity index (χ0v) is 8.24. The molecule has 1 saturated carbocycles. The average Bonchev–Trinajstić information content (AvgIpc) is 2.65. The van der Waals surface area contributed by atoms with E-state index in [-0.39, 0.29) is 12.6 Å². The molecule has 74 valence electrons. The molecule has 0 aliphatic heterocycles. The highest BCUT2D eigenvalue weighted by Gasteiger charge is 2.25. The van der Waals surface area contributed by atoms with Crippen LogP contribution in [0.3, 0.4) is 0 Å². The first kappa shape index (κ1) is 10.5. The van der Waals surface area contributed by atoms with E-state index >= 15 is 0 Å². The lowest BCUT2D eigenvalue weighted by Crippen LogP contribution is -2.41. The predicted molar refractivity (Wildman–Crippen MR) is 51.1 cm³/mol. The van der Waals surface area contributed by atoms with E-state index in [1.54, 1.807) is 0 Å². The van der Waals surface area contributed by atoms with Crippen molar-refractivity contribution in [2.45, 2.75) is 44.7 Å². The number of hydrogen-bond donors (Lipinski definition) is 1. The van der Waals surface area contributed by atoms with Gasteiger partial charge in [-0.1, -0.05) is 12.8 Å². The van der Waals surface area contributed by atoms with Crippen LogP contribution in [0.15, 0.2) is 0 Å². The van der Waals surface area contributed by atoms with Crippen molar-refractivity contribution in [2.75, 3.05) is 13.2 Å². The minimum Gasteiger partial charge on any atom is -0.395 e. The fourth-order valence-electron chi connectivity index (χ4n) is 2.12. The van der Waals surface area contributed by atoms with Crippen LogP contribution in [0.2, 0.25) is 0 Å². The summed E-state index contributed by atoms with van der Waals surface area (Å²) < 4.78 is 0. The molecule has 0 heterocycles. The molecule has 0 spiro atoms. The van der Waals surface area contributed by atoms with Gasteiger partial charge in [-0.15, -0.1) is 0 Å². The normalized spacial score (nSPS) is 20.5. The van der Waals surface area contributed by atoms with Crippen LogP contribution < -0.4 is 0 Å². The number of hydrogen-bond acceptors (Lipinski definition) is 3. The van der Waals surface area contributed by atoms with E-state index < -0.39 is 0 Å². The highest BCUT2D eigenvalue weighted by molar-refractivity contribution is 4.92. The van der Waals surface area contributed by atoms with Gasteiger partial charge in [0.1, 0.15) is 0 Å². The van der Waals surface area contributed by atoms with Gasteiger partial charge >= 0.3 is 0 Å². The van der Waals surface area contributed by atoms with Gasteiger partial charge in [-0.3, -0.25) is 4.90 Å². The number of aliphatic hydroxyl groups excluding tert-OH is 1. The summed E-state index contributed by atoms with van der Waals surface area (Å²) >= 11 is 0. The van der Waals surface area contributed by atoms with Crippen LogP contribution in [0, 0.1) is 11.3 Å². The molecule has 1 atom stereocenters. The largest absolute Gasteiger partial charge is 0.395 e. The van der Waals surface area contributed by atoms with Gasteiger partial charge in [0.15, 0.2) is 0 Å². The van der Waals surface area contributed by atoms with E-state index in [1.165, 1.54) is 25.7 Å². The van der Waals surface area contributed by atoms with Crippen LogP contribution >= 0.6 is 0 Å². The number of aliphatic hydroxyl groups is 1. The Labute approximate surface area is 80.0 Å². The molecule has 0 aromatic carbocycles. The molecule has 1 N–H and O–H groups in total. The maximum absolute atomic E-state index is 8.89. The topological polar surface area (TPSA) is 47.3 Å². The van der Waals surface area contributed by atoms with Gasteiger partial charge in [-0.2, -0.15) is 5.26 Å². The third kappa shape index (κ3) is 2.68. The van der Waals surface area contributed by atoms with Crippen molar-refractivity contribution >= 4 is 0 Å². The van der Waals surface area contributed by atoms with Crippen LogP contribution in [0.25, 0.3) is 0 Å². The standard InChI is InChI=1S/C10H18N2O/c1-9(8-11)12(6-7-13)10-4-2-3-5-10/h9-10,13H,2-7H2,1H3. The second kappa shape index (κ2) is 5.21. The fraction of sp³-hybridized carbons (Fsp3) is 0.900. The summed E-state index contributed by atoms with van der Waals surface area (Å²) in [6.07, 6.45) is 4.91. The molecular weight excluding hydrogens is 164 g/mol. The molecule has 1 unspecified atom stereocenters. The Morgan fingerprint density at radius 3 is 2.62 bits per heavy atom. The Morgan fingerprint density at radius 1 is 1.54 bits per heavy atom. The lowest BCUT2D eigenvalue weighted by atomic mass is 10.1. The summed E-state index contributed by atoms with van der Waals surface area (Å²) in [6.45, 7) is 2.70. The van der Waals surface area contributed by atoms with Crippen molar-refractivity contribution in [1.29, 1.82) is 5.26 Å². The molecule has 1 aliphatic rings. The summed E-state index contributed by atoms with van der Waals surface area (Å²) in [6, 6.07) is 2.71. The third-order valence-electron chi connectivity index (χ3n) is 2.84. The molecular formula is C10H18N2O. The van der Waals surface area contributed by atoms with Crippen molar-refractivity contribution in [3.63, 3.8) is 0 Å². The van der Waals surface area contributed by atoms with Crippen LogP contribution in [0.4, 0.5) is 0 Å². The minimum atomic E-state index is -0.0600.